The van der Waals surface area contributed by atoms with E-state index in [1.807, 2.05) is 0 Å². The van der Waals surface area contributed by atoms with Crippen LogP contribution in [0.25, 0.3) is 0 Å². The molecule has 0 aromatic carbocycles. The van der Waals surface area contributed by atoms with Gasteiger partial charge in [-0.15, -0.1) is 0 Å². The van der Waals surface area contributed by atoms with Gasteiger partial charge in [0.15, 0.2) is 0 Å². The average molecular weight is 211 g/mol. The highest BCUT2D eigenvalue weighted by Crippen LogP contribution is 2.17. The van der Waals surface area contributed by atoms with Crippen LogP contribution >= 0.6 is 0 Å². The highest BCUT2D eigenvalue weighted by Gasteiger charge is 2.33. The Kier molecular flexibility index (Phi) is 3.17. The van der Waals surface area contributed by atoms with E-state index in [1.54, 1.807) is 33.8 Å². The topological polar surface area (TPSA) is 55.4 Å². The number of hydrogen-bond acceptors (Lipinski definition) is 3. The van der Waals surface area contributed by atoms with Gasteiger partial charge in [0.05, 0.1) is 0 Å². The van der Waals surface area contributed by atoms with Crippen LogP contribution in [0.15, 0.2) is 11.6 Å². The summed E-state index contributed by atoms with van der Waals surface area (Å²) in [6.07, 6.45) is 2.14. The Balaban J connectivity index is 2.62. The fourth-order valence-corrected chi connectivity index (χ4v) is 1.38. The maximum atomic E-state index is 11.6. The Morgan fingerprint density at radius 2 is 2.13 bits per heavy atom. The molecule has 15 heavy (non-hydrogen) atoms. The van der Waals surface area contributed by atoms with E-state index in [9.17, 15) is 9.59 Å². The summed E-state index contributed by atoms with van der Waals surface area (Å²) in [6, 6.07) is -0.525. The Labute approximate surface area is 89.7 Å². The van der Waals surface area contributed by atoms with Crippen molar-refractivity contribution in [1.82, 2.24) is 5.32 Å². The minimum atomic E-state index is -0.525. The summed E-state index contributed by atoms with van der Waals surface area (Å²) < 4.78 is 5.18. The largest absolute Gasteiger partial charge is 0.458 e. The van der Waals surface area contributed by atoms with Crippen LogP contribution in [0.4, 0.5) is 0 Å². The molecule has 0 radical (unpaired) electrons. The third-order valence-corrected chi connectivity index (χ3v) is 2.06. The molecule has 0 unspecified atom stereocenters. The van der Waals surface area contributed by atoms with Crippen molar-refractivity contribution in [1.29, 1.82) is 0 Å². The summed E-state index contributed by atoms with van der Waals surface area (Å²) in [5.74, 6) is -0.541. The Hall–Kier alpha value is -1.32. The van der Waals surface area contributed by atoms with Gasteiger partial charge in [-0.25, -0.2) is 4.79 Å². The molecule has 1 atom stereocenters. The molecule has 0 aromatic heterocycles. The molecular weight excluding hydrogens is 194 g/mol. The van der Waals surface area contributed by atoms with E-state index in [0.29, 0.717) is 12.0 Å². The molecule has 0 aromatic rings. The van der Waals surface area contributed by atoms with Crippen molar-refractivity contribution in [3.63, 3.8) is 0 Å². The zero-order valence-electron chi connectivity index (χ0n) is 9.59. The molecule has 1 saturated heterocycles. The number of nitrogens with one attached hydrogen (secondary N) is 1. The first-order valence-electron chi connectivity index (χ1n) is 5.02. The van der Waals surface area contributed by atoms with Crippen molar-refractivity contribution in [2.75, 3.05) is 0 Å². The van der Waals surface area contributed by atoms with Crippen LogP contribution in [0, 0.1) is 0 Å². The molecule has 0 saturated carbocycles. The van der Waals surface area contributed by atoms with Gasteiger partial charge in [0.25, 0.3) is 0 Å². The summed E-state index contributed by atoms with van der Waals surface area (Å²) >= 11 is 0. The fourth-order valence-electron chi connectivity index (χ4n) is 1.38. The van der Waals surface area contributed by atoms with Gasteiger partial charge < -0.3 is 10.1 Å². The predicted octanol–water partition coefficient (Wildman–Crippen LogP) is 1.16. The second-order valence-electron chi connectivity index (χ2n) is 4.58. The van der Waals surface area contributed by atoms with Crippen LogP contribution in [0.1, 0.15) is 34.1 Å². The lowest BCUT2D eigenvalue weighted by Crippen LogP contribution is -2.38. The first-order chi connectivity index (χ1) is 6.83. The Bertz CT molecular complexity index is 312. The molecule has 1 rings (SSSR count). The highest BCUT2D eigenvalue weighted by molar-refractivity contribution is 6.00. The van der Waals surface area contributed by atoms with Crippen molar-refractivity contribution in [3.05, 3.63) is 11.6 Å². The molecule has 1 amide bonds. The van der Waals surface area contributed by atoms with E-state index in [1.165, 1.54) is 0 Å². The molecular formula is C11H17NO3. The molecule has 84 valence electrons. The highest BCUT2D eigenvalue weighted by atomic mass is 16.6. The molecule has 4 heteroatoms. The molecule has 1 fully saturated rings. The van der Waals surface area contributed by atoms with E-state index in [-0.39, 0.29) is 11.9 Å². The Morgan fingerprint density at radius 3 is 2.53 bits per heavy atom. The van der Waals surface area contributed by atoms with Crippen LogP contribution in [0.3, 0.4) is 0 Å². The first-order valence-corrected chi connectivity index (χ1v) is 5.02. The Morgan fingerprint density at radius 1 is 1.53 bits per heavy atom. The standard InChI is InChI=1S/C11H17NO3/c1-5-7-6-8(12-9(7)13)10(14)15-11(2,3)4/h5,8H,6H2,1-4H3,(H,12,13)/b7-5+/t8-/m0/s1. The van der Waals surface area contributed by atoms with Crippen molar-refractivity contribution in [2.45, 2.75) is 45.8 Å². The monoisotopic (exact) mass is 211 g/mol. The van der Waals surface area contributed by atoms with Gasteiger partial charge in [0.1, 0.15) is 11.6 Å². The van der Waals surface area contributed by atoms with Gasteiger partial charge in [-0.2, -0.15) is 0 Å². The minimum Gasteiger partial charge on any atom is -0.458 e. The van der Waals surface area contributed by atoms with Gasteiger partial charge in [-0.1, -0.05) is 6.08 Å². The van der Waals surface area contributed by atoms with E-state index < -0.39 is 11.6 Å². The van der Waals surface area contributed by atoms with Crippen LogP contribution in [0.2, 0.25) is 0 Å². The summed E-state index contributed by atoms with van der Waals surface area (Å²) in [4.78, 5) is 22.9. The van der Waals surface area contributed by atoms with Gasteiger partial charge in [0.2, 0.25) is 5.91 Å². The molecule has 1 aliphatic rings. The molecule has 1 N–H and O–H groups in total. The quantitative estimate of drug-likeness (QED) is 0.523. The van der Waals surface area contributed by atoms with Gasteiger partial charge >= 0.3 is 5.97 Å². The minimum absolute atomic E-state index is 0.173. The molecule has 0 bridgehead atoms. The zero-order chi connectivity index (χ0) is 11.6. The van der Waals surface area contributed by atoms with E-state index in [4.69, 9.17) is 4.74 Å². The maximum absolute atomic E-state index is 11.6. The second kappa shape index (κ2) is 4.04. The molecule has 4 nitrogen and oxygen atoms in total. The first kappa shape index (κ1) is 11.8. The van der Waals surface area contributed by atoms with Crippen LogP contribution in [0.5, 0.6) is 0 Å². The molecule has 1 aliphatic heterocycles. The van der Waals surface area contributed by atoms with Crippen molar-refractivity contribution < 1.29 is 14.3 Å². The summed E-state index contributed by atoms with van der Waals surface area (Å²) in [6.45, 7) is 7.20. The number of carbonyl (C=O) groups excluding carboxylic acids is 2. The smallest absolute Gasteiger partial charge is 0.329 e. The van der Waals surface area contributed by atoms with Crippen LogP contribution in [-0.4, -0.2) is 23.5 Å². The number of ether oxygens (including phenoxy) is 1. The van der Waals surface area contributed by atoms with Crippen molar-refractivity contribution in [2.24, 2.45) is 0 Å². The number of carbonyl (C=O) groups is 2. The summed E-state index contributed by atoms with van der Waals surface area (Å²) in [5.41, 5.74) is 0.131. The van der Waals surface area contributed by atoms with E-state index >= 15 is 0 Å². The maximum Gasteiger partial charge on any atom is 0.329 e. The lowest BCUT2D eigenvalue weighted by molar-refractivity contribution is -0.157. The van der Waals surface area contributed by atoms with E-state index in [2.05, 4.69) is 5.32 Å². The average Bonchev–Trinajstić information content (AvgIpc) is 2.43. The zero-order valence-corrected chi connectivity index (χ0v) is 9.59. The molecule has 0 aliphatic carbocycles. The summed E-state index contributed by atoms with van der Waals surface area (Å²) in [7, 11) is 0. The number of rotatable bonds is 1. The van der Waals surface area contributed by atoms with E-state index in [0.717, 1.165) is 0 Å². The van der Waals surface area contributed by atoms with Gasteiger partial charge in [-0.05, 0) is 27.7 Å². The third kappa shape index (κ3) is 3.08. The molecule has 0 spiro atoms. The number of allylic oxidation sites excluding steroid dienone is 1. The van der Waals surface area contributed by atoms with Crippen molar-refractivity contribution >= 4 is 11.9 Å². The third-order valence-electron chi connectivity index (χ3n) is 2.06. The lowest BCUT2D eigenvalue weighted by Gasteiger charge is -2.21. The number of hydrogen-bond donors (Lipinski definition) is 1. The predicted molar refractivity (Wildman–Crippen MR) is 56.1 cm³/mol. The van der Waals surface area contributed by atoms with Crippen LogP contribution < -0.4 is 5.32 Å². The van der Waals surface area contributed by atoms with Crippen molar-refractivity contribution in [3.8, 4) is 0 Å². The lowest BCUT2D eigenvalue weighted by atomic mass is 10.1. The summed E-state index contributed by atoms with van der Waals surface area (Å²) in [5, 5.41) is 2.60. The van der Waals surface area contributed by atoms with Gasteiger partial charge in [0, 0.05) is 12.0 Å². The normalized spacial score (nSPS) is 24.1. The number of amides is 1. The fraction of sp³-hybridized carbons (Fsp3) is 0.636. The second-order valence-corrected chi connectivity index (χ2v) is 4.58. The molecule has 1 heterocycles. The van der Waals surface area contributed by atoms with Gasteiger partial charge in [-0.3, -0.25) is 4.79 Å². The van der Waals surface area contributed by atoms with Crippen LogP contribution in [-0.2, 0) is 14.3 Å². The number of esters is 1. The SMILES string of the molecule is C/C=C1\C[C@@H](C(=O)OC(C)(C)C)NC1=O.